The van der Waals surface area contributed by atoms with Gasteiger partial charge in [-0.3, -0.25) is 4.68 Å². The summed E-state index contributed by atoms with van der Waals surface area (Å²) in [7, 11) is 1.89. The molecule has 1 aromatic heterocycles. The van der Waals surface area contributed by atoms with Crippen molar-refractivity contribution >= 4 is 11.8 Å². The molecule has 4 nitrogen and oxygen atoms in total. The van der Waals surface area contributed by atoms with Gasteiger partial charge >= 0.3 is 0 Å². The molecule has 0 unspecified atom stereocenters. The topological polar surface area (TPSA) is 42.7 Å². The molecule has 78 valence electrons. The molecule has 0 amide bonds. The number of rotatable bonds is 5. The molecule has 1 heterocycles. The molecular weight excluding hydrogens is 196 g/mol. The lowest BCUT2D eigenvalue weighted by Crippen LogP contribution is -2.25. The van der Waals surface area contributed by atoms with E-state index in [9.17, 15) is 0 Å². The van der Waals surface area contributed by atoms with Crippen LogP contribution >= 0.6 is 11.8 Å². The third-order valence-electron chi connectivity index (χ3n) is 2.64. The van der Waals surface area contributed by atoms with E-state index in [1.807, 2.05) is 25.0 Å². The van der Waals surface area contributed by atoms with Gasteiger partial charge in [-0.2, -0.15) is 11.8 Å². The Hall–Kier alpha value is -0.550. The van der Waals surface area contributed by atoms with Crippen molar-refractivity contribution in [2.75, 3.05) is 12.8 Å². The van der Waals surface area contributed by atoms with E-state index in [2.05, 4.69) is 21.9 Å². The third kappa shape index (κ3) is 2.27. The van der Waals surface area contributed by atoms with Gasteiger partial charge in [0, 0.05) is 31.1 Å². The molecule has 0 saturated heterocycles. The summed E-state index contributed by atoms with van der Waals surface area (Å²) in [5, 5.41) is 11.3. The standard InChI is InChI=1S/C9H16N4S/c1-13-6-8(11-12-13)5-10-7-9(14-2)3-4-9/h6,10H,3-5,7H2,1-2H3. The third-order valence-corrected chi connectivity index (χ3v) is 4.06. The number of nitrogens with zero attached hydrogens (tertiary/aromatic N) is 3. The van der Waals surface area contributed by atoms with Crippen molar-refractivity contribution in [1.82, 2.24) is 20.3 Å². The predicted molar refractivity (Wildman–Crippen MR) is 58.2 cm³/mol. The molecule has 1 saturated carbocycles. The van der Waals surface area contributed by atoms with E-state index in [0.717, 1.165) is 18.8 Å². The van der Waals surface area contributed by atoms with Crippen LogP contribution in [0.1, 0.15) is 18.5 Å². The summed E-state index contributed by atoms with van der Waals surface area (Å²) in [6.07, 6.45) is 6.84. The van der Waals surface area contributed by atoms with Crippen LogP contribution in [0.5, 0.6) is 0 Å². The van der Waals surface area contributed by atoms with Crippen LogP contribution in [0, 0.1) is 0 Å². The van der Waals surface area contributed by atoms with Crippen LogP contribution in [-0.4, -0.2) is 32.5 Å². The van der Waals surface area contributed by atoms with E-state index in [4.69, 9.17) is 0 Å². The second kappa shape index (κ2) is 3.90. The molecule has 2 rings (SSSR count). The molecule has 1 aliphatic carbocycles. The van der Waals surface area contributed by atoms with Crippen molar-refractivity contribution in [1.29, 1.82) is 0 Å². The summed E-state index contributed by atoms with van der Waals surface area (Å²) in [5.74, 6) is 0. The van der Waals surface area contributed by atoms with Crippen molar-refractivity contribution in [2.24, 2.45) is 7.05 Å². The van der Waals surface area contributed by atoms with Crippen molar-refractivity contribution < 1.29 is 0 Å². The van der Waals surface area contributed by atoms with Crippen LogP contribution in [0.15, 0.2) is 6.20 Å². The molecule has 0 aromatic carbocycles. The summed E-state index contributed by atoms with van der Waals surface area (Å²) >= 11 is 1.97. The Bertz CT molecular complexity index is 306. The smallest absolute Gasteiger partial charge is 0.0964 e. The van der Waals surface area contributed by atoms with Gasteiger partial charge in [0.2, 0.25) is 0 Å². The maximum Gasteiger partial charge on any atom is 0.0964 e. The van der Waals surface area contributed by atoms with Gasteiger partial charge in [-0.25, -0.2) is 0 Å². The highest BCUT2D eigenvalue weighted by molar-refractivity contribution is 8.00. The molecule has 0 atom stereocenters. The Labute approximate surface area is 88.4 Å². The summed E-state index contributed by atoms with van der Waals surface area (Å²) in [6, 6.07) is 0. The Morgan fingerprint density at radius 2 is 2.43 bits per heavy atom. The summed E-state index contributed by atoms with van der Waals surface area (Å²) < 4.78 is 2.26. The minimum absolute atomic E-state index is 0.530. The molecule has 0 spiro atoms. The van der Waals surface area contributed by atoms with Gasteiger partial charge < -0.3 is 5.32 Å². The Kier molecular flexibility index (Phi) is 2.78. The zero-order valence-electron chi connectivity index (χ0n) is 8.66. The molecular formula is C9H16N4S. The quantitative estimate of drug-likeness (QED) is 0.784. The zero-order valence-corrected chi connectivity index (χ0v) is 9.47. The number of aromatic nitrogens is 3. The van der Waals surface area contributed by atoms with Crippen molar-refractivity contribution in [3.05, 3.63) is 11.9 Å². The van der Waals surface area contributed by atoms with E-state index in [1.165, 1.54) is 12.8 Å². The first-order chi connectivity index (χ1) is 6.74. The minimum atomic E-state index is 0.530. The van der Waals surface area contributed by atoms with Crippen LogP contribution in [0.4, 0.5) is 0 Å². The Morgan fingerprint density at radius 3 is 2.93 bits per heavy atom. The minimum Gasteiger partial charge on any atom is -0.310 e. The molecule has 1 aromatic rings. The number of thioether (sulfide) groups is 1. The highest BCUT2D eigenvalue weighted by atomic mass is 32.2. The fraction of sp³-hybridized carbons (Fsp3) is 0.778. The molecule has 1 N–H and O–H groups in total. The van der Waals surface area contributed by atoms with Gasteiger partial charge in [-0.15, -0.1) is 5.10 Å². The fourth-order valence-electron chi connectivity index (χ4n) is 1.49. The Morgan fingerprint density at radius 1 is 1.64 bits per heavy atom. The van der Waals surface area contributed by atoms with E-state index >= 15 is 0 Å². The summed E-state index contributed by atoms with van der Waals surface area (Å²) in [5.41, 5.74) is 1.02. The van der Waals surface area contributed by atoms with Crippen LogP contribution < -0.4 is 5.32 Å². The largest absolute Gasteiger partial charge is 0.310 e. The van der Waals surface area contributed by atoms with E-state index in [1.54, 1.807) is 4.68 Å². The van der Waals surface area contributed by atoms with Crippen LogP contribution in [0.3, 0.4) is 0 Å². The highest BCUT2D eigenvalue weighted by Gasteiger charge is 2.41. The van der Waals surface area contributed by atoms with E-state index in [-0.39, 0.29) is 0 Å². The Balaban J connectivity index is 1.73. The van der Waals surface area contributed by atoms with Gasteiger partial charge in [0.25, 0.3) is 0 Å². The highest BCUT2D eigenvalue weighted by Crippen LogP contribution is 2.46. The average Bonchev–Trinajstić information content (AvgIpc) is 2.84. The first-order valence-corrected chi connectivity index (χ1v) is 6.08. The molecule has 1 aliphatic rings. The van der Waals surface area contributed by atoms with Gasteiger partial charge in [0.1, 0.15) is 0 Å². The molecule has 5 heteroatoms. The lowest BCUT2D eigenvalue weighted by Gasteiger charge is -2.11. The second-order valence-corrected chi connectivity index (χ2v) is 5.15. The zero-order chi connectivity index (χ0) is 10.0. The summed E-state index contributed by atoms with van der Waals surface area (Å²) in [6.45, 7) is 1.92. The monoisotopic (exact) mass is 212 g/mol. The molecule has 0 aliphatic heterocycles. The van der Waals surface area contributed by atoms with E-state index < -0.39 is 0 Å². The van der Waals surface area contributed by atoms with Crippen molar-refractivity contribution in [3.63, 3.8) is 0 Å². The average molecular weight is 212 g/mol. The normalized spacial score (nSPS) is 18.4. The number of aryl methyl sites for hydroxylation is 1. The van der Waals surface area contributed by atoms with Gasteiger partial charge in [-0.1, -0.05) is 5.21 Å². The molecule has 14 heavy (non-hydrogen) atoms. The summed E-state index contributed by atoms with van der Waals surface area (Å²) in [4.78, 5) is 0. The maximum atomic E-state index is 4.03. The number of hydrogen-bond acceptors (Lipinski definition) is 4. The van der Waals surface area contributed by atoms with Crippen LogP contribution in [0.25, 0.3) is 0 Å². The maximum absolute atomic E-state index is 4.03. The van der Waals surface area contributed by atoms with Crippen molar-refractivity contribution in [2.45, 2.75) is 24.1 Å². The fourth-order valence-corrected chi connectivity index (χ4v) is 2.24. The number of hydrogen-bond donors (Lipinski definition) is 1. The van der Waals surface area contributed by atoms with E-state index in [0.29, 0.717) is 4.75 Å². The van der Waals surface area contributed by atoms with Crippen LogP contribution in [0.2, 0.25) is 0 Å². The predicted octanol–water partition coefficient (Wildman–Crippen LogP) is 0.800. The van der Waals surface area contributed by atoms with Gasteiger partial charge in [-0.05, 0) is 19.1 Å². The second-order valence-electron chi connectivity index (χ2n) is 3.87. The molecule has 0 bridgehead atoms. The lowest BCUT2D eigenvalue weighted by atomic mass is 10.4. The first kappa shape index (κ1) is 9.98. The van der Waals surface area contributed by atoms with Gasteiger partial charge in [0.15, 0.2) is 0 Å². The lowest BCUT2D eigenvalue weighted by molar-refractivity contribution is 0.650. The molecule has 0 radical (unpaired) electrons. The van der Waals surface area contributed by atoms with Crippen molar-refractivity contribution in [3.8, 4) is 0 Å². The SMILES string of the molecule is CSC1(CNCc2cn(C)nn2)CC1. The van der Waals surface area contributed by atoms with Gasteiger partial charge in [0.05, 0.1) is 5.69 Å². The molecule has 1 fully saturated rings. The van der Waals surface area contributed by atoms with Crippen LogP contribution in [-0.2, 0) is 13.6 Å². The number of nitrogens with one attached hydrogen (secondary N) is 1. The first-order valence-electron chi connectivity index (χ1n) is 4.85.